The number of aryl methyl sites for hydroxylation is 1. The van der Waals surface area contributed by atoms with E-state index in [0.29, 0.717) is 23.2 Å². The Bertz CT molecular complexity index is 587. The molecule has 0 spiro atoms. The van der Waals surface area contributed by atoms with Crippen molar-refractivity contribution in [1.82, 2.24) is 10.2 Å². The molecule has 7 heteroatoms. The first-order valence-corrected chi connectivity index (χ1v) is 9.22. The van der Waals surface area contributed by atoms with Gasteiger partial charge in [0.15, 0.2) is 0 Å². The number of rotatable bonds is 5. The van der Waals surface area contributed by atoms with E-state index in [2.05, 4.69) is 15.5 Å². The van der Waals surface area contributed by atoms with E-state index in [0.717, 1.165) is 51.5 Å². The van der Waals surface area contributed by atoms with Crippen LogP contribution in [0.5, 0.6) is 0 Å². The Morgan fingerprint density at radius 2 is 2.12 bits per heavy atom. The molecule has 2 aliphatic rings. The number of urea groups is 1. The number of carbonyl (C=O) groups excluding carboxylic acids is 1. The predicted octanol–water partition coefficient (Wildman–Crippen LogP) is 2.51. The molecule has 0 aromatic heterocycles. The predicted molar refractivity (Wildman–Crippen MR) is 98.3 cm³/mol. The van der Waals surface area contributed by atoms with Gasteiger partial charge in [0.05, 0.1) is 19.8 Å². The molecule has 2 fully saturated rings. The topological polar surface area (TPSA) is 62.8 Å². The lowest BCUT2D eigenvalue weighted by Gasteiger charge is -2.37. The zero-order chi connectivity index (χ0) is 17.6. The molecular formula is C18H26ClN3O3. The number of nitrogens with one attached hydrogen (secondary N) is 2. The number of benzene rings is 1. The number of carbonyl (C=O) groups is 1. The summed E-state index contributed by atoms with van der Waals surface area (Å²) in [6.07, 6.45) is 1.04. The maximum Gasteiger partial charge on any atom is 0.319 e. The highest BCUT2D eigenvalue weighted by Crippen LogP contribution is 2.22. The van der Waals surface area contributed by atoms with Crippen molar-refractivity contribution < 1.29 is 14.3 Å². The summed E-state index contributed by atoms with van der Waals surface area (Å²) >= 11 is 6.11. The van der Waals surface area contributed by atoms with Crippen molar-refractivity contribution in [2.45, 2.75) is 19.4 Å². The minimum Gasteiger partial charge on any atom is -0.381 e. The Labute approximate surface area is 153 Å². The van der Waals surface area contributed by atoms with Crippen LogP contribution >= 0.6 is 11.6 Å². The first kappa shape index (κ1) is 18.5. The summed E-state index contributed by atoms with van der Waals surface area (Å²) in [5.74, 6) is 0.451. The minimum absolute atomic E-state index is 0.211. The molecular weight excluding hydrogens is 342 g/mol. The van der Waals surface area contributed by atoms with E-state index in [-0.39, 0.29) is 12.1 Å². The lowest BCUT2D eigenvalue weighted by atomic mass is 9.97. The van der Waals surface area contributed by atoms with Gasteiger partial charge in [0.2, 0.25) is 0 Å². The quantitative estimate of drug-likeness (QED) is 0.839. The number of hydrogen-bond donors (Lipinski definition) is 2. The summed E-state index contributed by atoms with van der Waals surface area (Å²) in [7, 11) is 0. The molecule has 2 amide bonds. The monoisotopic (exact) mass is 367 g/mol. The van der Waals surface area contributed by atoms with Gasteiger partial charge in [-0.15, -0.1) is 0 Å². The minimum atomic E-state index is -0.211. The normalized spacial score (nSPS) is 22.6. The summed E-state index contributed by atoms with van der Waals surface area (Å²) in [6.45, 7) is 7.40. The average Bonchev–Trinajstić information content (AvgIpc) is 3.14. The first-order valence-electron chi connectivity index (χ1n) is 8.84. The van der Waals surface area contributed by atoms with Crippen LogP contribution in [0.3, 0.4) is 0 Å². The number of hydrogen-bond acceptors (Lipinski definition) is 4. The molecule has 2 atom stereocenters. The summed E-state index contributed by atoms with van der Waals surface area (Å²) < 4.78 is 11.0. The molecule has 2 heterocycles. The van der Waals surface area contributed by atoms with Crippen molar-refractivity contribution >= 4 is 23.3 Å². The molecule has 25 heavy (non-hydrogen) atoms. The van der Waals surface area contributed by atoms with Crippen molar-refractivity contribution in [1.29, 1.82) is 0 Å². The molecule has 2 N–H and O–H groups in total. The van der Waals surface area contributed by atoms with Gasteiger partial charge in [0, 0.05) is 48.9 Å². The maximum absolute atomic E-state index is 12.3. The highest BCUT2D eigenvalue weighted by Gasteiger charge is 2.31. The molecule has 1 aromatic rings. The first-order chi connectivity index (χ1) is 12.1. The third-order valence-corrected chi connectivity index (χ3v) is 5.33. The van der Waals surface area contributed by atoms with Gasteiger partial charge in [0.1, 0.15) is 0 Å². The number of anilines is 1. The second kappa shape index (κ2) is 8.85. The highest BCUT2D eigenvalue weighted by atomic mass is 35.5. The van der Waals surface area contributed by atoms with Gasteiger partial charge >= 0.3 is 6.03 Å². The number of halogens is 1. The van der Waals surface area contributed by atoms with Gasteiger partial charge in [-0.05, 0) is 31.0 Å². The molecule has 138 valence electrons. The Morgan fingerprint density at radius 1 is 1.32 bits per heavy atom. The van der Waals surface area contributed by atoms with Gasteiger partial charge in [-0.3, -0.25) is 4.90 Å². The van der Waals surface area contributed by atoms with Crippen LogP contribution in [0.25, 0.3) is 0 Å². The Balaban J connectivity index is 1.55. The molecule has 0 radical (unpaired) electrons. The smallest absolute Gasteiger partial charge is 0.319 e. The van der Waals surface area contributed by atoms with Crippen molar-refractivity contribution in [2.75, 3.05) is 51.4 Å². The summed E-state index contributed by atoms with van der Waals surface area (Å²) in [4.78, 5) is 14.7. The van der Waals surface area contributed by atoms with E-state index in [4.69, 9.17) is 21.1 Å². The highest BCUT2D eigenvalue weighted by molar-refractivity contribution is 6.31. The van der Waals surface area contributed by atoms with Gasteiger partial charge in [-0.1, -0.05) is 17.7 Å². The van der Waals surface area contributed by atoms with Crippen LogP contribution in [-0.2, 0) is 9.47 Å². The summed E-state index contributed by atoms with van der Waals surface area (Å²) in [5, 5.41) is 6.50. The van der Waals surface area contributed by atoms with Crippen LogP contribution in [-0.4, -0.2) is 63.0 Å². The largest absolute Gasteiger partial charge is 0.381 e. The second-order valence-electron chi connectivity index (χ2n) is 6.64. The Kier molecular flexibility index (Phi) is 6.53. The van der Waals surface area contributed by atoms with Gasteiger partial charge in [-0.2, -0.15) is 0 Å². The van der Waals surface area contributed by atoms with Crippen LogP contribution in [0, 0.1) is 12.8 Å². The molecule has 6 nitrogen and oxygen atoms in total. The Morgan fingerprint density at radius 3 is 2.80 bits per heavy atom. The van der Waals surface area contributed by atoms with E-state index in [1.807, 2.05) is 19.1 Å². The number of ether oxygens (including phenoxy) is 2. The average molecular weight is 368 g/mol. The van der Waals surface area contributed by atoms with Crippen molar-refractivity contribution in [2.24, 2.45) is 5.92 Å². The fourth-order valence-corrected chi connectivity index (χ4v) is 3.58. The second-order valence-corrected chi connectivity index (χ2v) is 7.05. The van der Waals surface area contributed by atoms with E-state index < -0.39 is 0 Å². The molecule has 0 aliphatic carbocycles. The van der Waals surface area contributed by atoms with Gasteiger partial charge in [0.25, 0.3) is 0 Å². The van der Waals surface area contributed by atoms with Crippen molar-refractivity contribution in [3.05, 3.63) is 28.8 Å². The number of nitrogens with zero attached hydrogens (tertiary/aromatic N) is 1. The van der Waals surface area contributed by atoms with Crippen LogP contribution in [0.15, 0.2) is 18.2 Å². The van der Waals surface area contributed by atoms with E-state index in [9.17, 15) is 4.79 Å². The number of amides is 2. The lowest BCUT2D eigenvalue weighted by molar-refractivity contribution is 0.00222. The number of morpholine rings is 1. The fraction of sp³-hybridized carbons (Fsp3) is 0.611. The molecule has 1 aromatic carbocycles. The summed E-state index contributed by atoms with van der Waals surface area (Å²) in [6, 6.07) is 5.58. The zero-order valence-electron chi connectivity index (χ0n) is 14.6. The fourth-order valence-electron chi connectivity index (χ4n) is 3.40. The van der Waals surface area contributed by atoms with Gasteiger partial charge < -0.3 is 20.1 Å². The molecule has 0 bridgehead atoms. The van der Waals surface area contributed by atoms with Crippen LogP contribution in [0.2, 0.25) is 5.02 Å². The standard InChI is InChI=1S/C18H26ClN3O3/c1-13-2-3-15(10-16(13)19)21-18(23)20-11-17(14-4-7-25-12-14)22-5-8-24-9-6-22/h2-3,10,14,17H,4-9,11-12H2,1H3,(H2,20,21,23). The molecule has 2 aliphatic heterocycles. The third kappa shape index (κ3) is 5.07. The Hall–Kier alpha value is -1.34. The van der Waals surface area contributed by atoms with E-state index >= 15 is 0 Å². The molecule has 0 saturated carbocycles. The third-order valence-electron chi connectivity index (χ3n) is 4.93. The summed E-state index contributed by atoms with van der Waals surface area (Å²) in [5.41, 5.74) is 1.68. The maximum atomic E-state index is 12.3. The molecule has 3 rings (SSSR count). The molecule has 2 unspecified atom stereocenters. The zero-order valence-corrected chi connectivity index (χ0v) is 15.3. The SMILES string of the molecule is Cc1ccc(NC(=O)NCC(C2CCOC2)N2CCOCC2)cc1Cl. The van der Waals surface area contributed by atoms with Crippen molar-refractivity contribution in [3.8, 4) is 0 Å². The van der Waals surface area contributed by atoms with Crippen LogP contribution < -0.4 is 10.6 Å². The molecule has 2 saturated heterocycles. The van der Waals surface area contributed by atoms with E-state index in [1.54, 1.807) is 6.07 Å². The van der Waals surface area contributed by atoms with Crippen molar-refractivity contribution in [3.63, 3.8) is 0 Å². The van der Waals surface area contributed by atoms with E-state index in [1.165, 1.54) is 0 Å². The van der Waals surface area contributed by atoms with Crippen LogP contribution in [0.4, 0.5) is 10.5 Å². The lowest BCUT2D eigenvalue weighted by Crippen LogP contribution is -2.52. The van der Waals surface area contributed by atoms with Gasteiger partial charge in [-0.25, -0.2) is 4.79 Å². The van der Waals surface area contributed by atoms with Crippen LogP contribution in [0.1, 0.15) is 12.0 Å².